The Hall–Kier alpha value is -1.36. The lowest BCUT2D eigenvalue weighted by Gasteiger charge is -2.25. The van der Waals surface area contributed by atoms with E-state index in [2.05, 4.69) is 15.7 Å². The summed E-state index contributed by atoms with van der Waals surface area (Å²) in [5.74, 6) is 0.0393. The number of nitrogens with one attached hydrogen (secondary N) is 2. The summed E-state index contributed by atoms with van der Waals surface area (Å²) in [7, 11) is 0. The Balaban J connectivity index is 1.87. The third-order valence-electron chi connectivity index (χ3n) is 2.94. The summed E-state index contributed by atoms with van der Waals surface area (Å²) >= 11 is 0. The van der Waals surface area contributed by atoms with Crippen molar-refractivity contribution in [1.82, 2.24) is 20.4 Å². The first-order valence-electron chi connectivity index (χ1n) is 5.77. The second-order valence-electron chi connectivity index (χ2n) is 4.21. The van der Waals surface area contributed by atoms with Crippen LogP contribution in [0.4, 0.5) is 0 Å². The third-order valence-corrected chi connectivity index (χ3v) is 2.94. The van der Waals surface area contributed by atoms with Gasteiger partial charge in [0.15, 0.2) is 0 Å². The van der Waals surface area contributed by atoms with Gasteiger partial charge in [0.1, 0.15) is 6.04 Å². The Morgan fingerprint density at radius 1 is 1.69 bits per heavy atom. The molecule has 88 valence electrons. The van der Waals surface area contributed by atoms with Crippen molar-refractivity contribution in [1.29, 1.82) is 0 Å². The Kier molecular flexibility index (Phi) is 3.56. The molecule has 0 bridgehead atoms. The highest BCUT2D eigenvalue weighted by atomic mass is 16.2. The van der Waals surface area contributed by atoms with E-state index in [9.17, 15) is 4.79 Å². The van der Waals surface area contributed by atoms with Gasteiger partial charge >= 0.3 is 0 Å². The van der Waals surface area contributed by atoms with Crippen LogP contribution in [0.1, 0.15) is 25.8 Å². The van der Waals surface area contributed by atoms with E-state index >= 15 is 0 Å². The molecule has 2 N–H and O–H groups in total. The van der Waals surface area contributed by atoms with Gasteiger partial charge in [-0.25, -0.2) is 0 Å². The van der Waals surface area contributed by atoms with E-state index in [4.69, 9.17) is 0 Å². The molecule has 0 aliphatic carbocycles. The van der Waals surface area contributed by atoms with E-state index < -0.39 is 0 Å². The van der Waals surface area contributed by atoms with Gasteiger partial charge in [-0.3, -0.25) is 9.48 Å². The van der Waals surface area contributed by atoms with Crippen molar-refractivity contribution in [2.75, 3.05) is 13.1 Å². The van der Waals surface area contributed by atoms with Crippen LogP contribution in [0.25, 0.3) is 0 Å². The van der Waals surface area contributed by atoms with Crippen LogP contribution in [-0.2, 0) is 4.79 Å². The van der Waals surface area contributed by atoms with Gasteiger partial charge in [-0.15, -0.1) is 0 Å². The van der Waals surface area contributed by atoms with Gasteiger partial charge in [0.25, 0.3) is 0 Å². The zero-order valence-corrected chi connectivity index (χ0v) is 9.52. The minimum absolute atomic E-state index is 0.0393. The first-order valence-corrected chi connectivity index (χ1v) is 5.77. The number of amides is 1. The topological polar surface area (TPSA) is 59.0 Å². The van der Waals surface area contributed by atoms with Gasteiger partial charge in [-0.2, -0.15) is 5.10 Å². The monoisotopic (exact) mass is 222 g/mol. The van der Waals surface area contributed by atoms with E-state index in [1.807, 2.05) is 19.2 Å². The van der Waals surface area contributed by atoms with E-state index in [0.717, 1.165) is 25.9 Å². The Morgan fingerprint density at radius 3 is 3.19 bits per heavy atom. The number of carbonyl (C=O) groups excluding carboxylic acids is 1. The molecule has 0 radical (unpaired) electrons. The Bertz CT molecular complexity index is 330. The van der Waals surface area contributed by atoms with Crippen molar-refractivity contribution in [3.05, 3.63) is 18.5 Å². The summed E-state index contributed by atoms with van der Waals surface area (Å²) in [4.78, 5) is 11.9. The van der Waals surface area contributed by atoms with Gasteiger partial charge in [0, 0.05) is 25.0 Å². The molecule has 5 heteroatoms. The predicted octanol–water partition coefficient (Wildman–Crippen LogP) is 0.312. The molecule has 1 fully saturated rings. The van der Waals surface area contributed by atoms with Crippen LogP contribution in [0.15, 0.2) is 18.5 Å². The summed E-state index contributed by atoms with van der Waals surface area (Å²) in [5, 5.41) is 10.4. The van der Waals surface area contributed by atoms with Crippen LogP contribution in [0.3, 0.4) is 0 Å². The van der Waals surface area contributed by atoms with Crippen molar-refractivity contribution in [2.45, 2.75) is 31.8 Å². The first kappa shape index (κ1) is 11.1. The van der Waals surface area contributed by atoms with Crippen LogP contribution in [0.2, 0.25) is 0 Å². The van der Waals surface area contributed by atoms with Gasteiger partial charge in [0.05, 0.1) is 0 Å². The van der Waals surface area contributed by atoms with E-state index in [-0.39, 0.29) is 18.0 Å². The highest BCUT2D eigenvalue weighted by Gasteiger charge is 2.20. The fourth-order valence-electron chi connectivity index (χ4n) is 1.93. The molecule has 2 heterocycles. The predicted molar refractivity (Wildman–Crippen MR) is 61.0 cm³/mol. The smallest absolute Gasteiger partial charge is 0.244 e. The Labute approximate surface area is 95.2 Å². The molecule has 1 saturated heterocycles. The van der Waals surface area contributed by atoms with Crippen LogP contribution in [0.5, 0.6) is 0 Å². The molecular weight excluding hydrogens is 204 g/mol. The second-order valence-corrected chi connectivity index (χ2v) is 4.21. The maximum atomic E-state index is 11.9. The summed E-state index contributed by atoms with van der Waals surface area (Å²) in [5.41, 5.74) is 0. The number of nitrogens with zero attached hydrogens (tertiary/aromatic N) is 2. The quantitative estimate of drug-likeness (QED) is 0.774. The molecular formula is C11H18N4O. The van der Waals surface area contributed by atoms with E-state index in [0.29, 0.717) is 0 Å². The molecule has 1 aliphatic rings. The molecule has 2 unspecified atom stereocenters. The van der Waals surface area contributed by atoms with Crippen molar-refractivity contribution >= 4 is 5.91 Å². The fourth-order valence-corrected chi connectivity index (χ4v) is 1.93. The number of hydrogen-bond donors (Lipinski definition) is 2. The van der Waals surface area contributed by atoms with Gasteiger partial charge in [-0.05, 0) is 32.4 Å². The highest BCUT2D eigenvalue weighted by Crippen LogP contribution is 2.06. The molecule has 1 aromatic rings. The number of rotatable bonds is 3. The van der Waals surface area contributed by atoms with Crippen molar-refractivity contribution < 1.29 is 4.79 Å². The van der Waals surface area contributed by atoms with Crippen molar-refractivity contribution in [3.63, 3.8) is 0 Å². The molecule has 5 nitrogen and oxygen atoms in total. The normalized spacial score (nSPS) is 22.7. The minimum atomic E-state index is -0.239. The van der Waals surface area contributed by atoms with E-state index in [1.165, 1.54) is 0 Å². The molecule has 1 amide bonds. The number of hydrogen-bond acceptors (Lipinski definition) is 3. The summed E-state index contributed by atoms with van der Waals surface area (Å²) < 4.78 is 1.67. The average Bonchev–Trinajstić information content (AvgIpc) is 2.83. The van der Waals surface area contributed by atoms with Gasteiger partial charge in [-0.1, -0.05) is 0 Å². The first-order chi connectivity index (χ1) is 7.77. The van der Waals surface area contributed by atoms with Crippen LogP contribution < -0.4 is 10.6 Å². The molecule has 2 atom stereocenters. The molecule has 1 aliphatic heterocycles. The van der Waals surface area contributed by atoms with Crippen molar-refractivity contribution in [2.24, 2.45) is 0 Å². The lowest BCUT2D eigenvalue weighted by atomic mass is 10.1. The number of piperidine rings is 1. The van der Waals surface area contributed by atoms with Gasteiger partial charge in [0.2, 0.25) is 5.91 Å². The lowest BCUT2D eigenvalue weighted by molar-refractivity contribution is -0.125. The number of aromatic nitrogens is 2. The average molecular weight is 222 g/mol. The van der Waals surface area contributed by atoms with Crippen LogP contribution in [0, 0.1) is 0 Å². The molecule has 1 aromatic heterocycles. The van der Waals surface area contributed by atoms with E-state index in [1.54, 1.807) is 10.9 Å². The summed E-state index contributed by atoms with van der Waals surface area (Å²) in [6.45, 7) is 3.79. The maximum Gasteiger partial charge on any atom is 0.244 e. The molecule has 2 rings (SSSR count). The van der Waals surface area contributed by atoms with Crippen LogP contribution >= 0.6 is 0 Å². The second kappa shape index (κ2) is 5.12. The number of carbonyl (C=O) groups is 1. The standard InChI is InChI=1S/C11H18N4O/c1-9(15-7-3-6-13-15)11(16)14-10-4-2-5-12-8-10/h3,6-7,9-10,12H,2,4-5,8H2,1H3,(H,14,16). The summed E-state index contributed by atoms with van der Waals surface area (Å²) in [6, 6.07) is 1.85. The van der Waals surface area contributed by atoms with Crippen molar-refractivity contribution in [3.8, 4) is 0 Å². The Morgan fingerprint density at radius 2 is 2.56 bits per heavy atom. The highest BCUT2D eigenvalue weighted by molar-refractivity contribution is 5.80. The molecule has 16 heavy (non-hydrogen) atoms. The fraction of sp³-hybridized carbons (Fsp3) is 0.636. The zero-order valence-electron chi connectivity index (χ0n) is 9.52. The maximum absolute atomic E-state index is 11.9. The third kappa shape index (κ3) is 2.61. The van der Waals surface area contributed by atoms with Crippen LogP contribution in [-0.4, -0.2) is 34.8 Å². The lowest BCUT2D eigenvalue weighted by Crippen LogP contribution is -2.47. The van der Waals surface area contributed by atoms with Gasteiger partial charge < -0.3 is 10.6 Å². The summed E-state index contributed by atoms with van der Waals surface area (Å²) in [6.07, 6.45) is 5.68. The molecule has 0 aromatic carbocycles. The largest absolute Gasteiger partial charge is 0.350 e. The molecule has 0 spiro atoms. The minimum Gasteiger partial charge on any atom is -0.350 e. The zero-order chi connectivity index (χ0) is 11.4. The SMILES string of the molecule is CC(C(=O)NC1CCCNC1)n1cccn1. The molecule has 0 saturated carbocycles.